The molecule has 1 saturated heterocycles. The van der Waals surface area contributed by atoms with Crippen molar-refractivity contribution in [3.05, 3.63) is 24.4 Å². The van der Waals surface area contributed by atoms with E-state index in [0.717, 1.165) is 17.4 Å². The summed E-state index contributed by atoms with van der Waals surface area (Å²) < 4.78 is 1.87. The minimum absolute atomic E-state index is 0.252. The van der Waals surface area contributed by atoms with Crippen molar-refractivity contribution in [2.24, 2.45) is 5.92 Å². The first-order chi connectivity index (χ1) is 11.1. The molecule has 23 heavy (non-hydrogen) atoms. The number of hydrogen-bond acceptors (Lipinski definition) is 3. The van der Waals surface area contributed by atoms with Gasteiger partial charge in [-0.3, -0.25) is 9.48 Å². The van der Waals surface area contributed by atoms with Crippen molar-refractivity contribution in [3.8, 4) is 0 Å². The van der Waals surface area contributed by atoms with E-state index in [9.17, 15) is 9.59 Å². The number of nitrogens with one attached hydrogen (secondary N) is 1. The predicted octanol–water partition coefficient (Wildman–Crippen LogP) is 2.38. The Morgan fingerprint density at radius 3 is 3.00 bits per heavy atom. The average Bonchev–Trinajstić information content (AvgIpc) is 2.97. The number of carbonyl (C=O) groups excluding carboxylic acids is 1. The molecule has 122 valence electrons. The quantitative estimate of drug-likeness (QED) is 0.910. The molecule has 0 spiro atoms. The monoisotopic (exact) mass is 316 g/mol. The third-order valence-corrected chi connectivity index (χ3v) is 4.25. The van der Waals surface area contributed by atoms with Crippen LogP contribution in [0.1, 0.15) is 19.8 Å². The standard InChI is InChI=1S/C16H20N4O3/c1-2-20-14-8-13(6-5-11(14)9-17-20)18-16(23)19-7-3-4-12(10-19)15(21)22/h5-6,8-9,12H,2-4,7,10H2,1H3,(H,18,23)(H,21,22). The Labute approximate surface area is 133 Å². The number of rotatable bonds is 3. The van der Waals surface area contributed by atoms with Crippen molar-refractivity contribution in [1.29, 1.82) is 0 Å². The van der Waals surface area contributed by atoms with Gasteiger partial charge in [0, 0.05) is 30.7 Å². The number of fused-ring (bicyclic) bond motifs is 1. The normalized spacial score (nSPS) is 18.1. The molecule has 1 aliphatic rings. The highest BCUT2D eigenvalue weighted by atomic mass is 16.4. The SMILES string of the molecule is CCn1ncc2ccc(NC(=O)N3CCCC(C(=O)O)C3)cc21. The highest BCUT2D eigenvalue weighted by Crippen LogP contribution is 2.21. The maximum atomic E-state index is 12.4. The molecule has 2 aromatic rings. The lowest BCUT2D eigenvalue weighted by molar-refractivity contribution is -0.143. The van der Waals surface area contributed by atoms with Crippen LogP contribution in [0.5, 0.6) is 0 Å². The molecule has 7 heteroatoms. The number of aliphatic carboxylic acids is 1. The summed E-state index contributed by atoms with van der Waals surface area (Å²) in [6, 6.07) is 5.39. The number of urea groups is 1. The predicted molar refractivity (Wildman–Crippen MR) is 86.4 cm³/mol. The Bertz CT molecular complexity index is 740. The Morgan fingerprint density at radius 1 is 1.43 bits per heavy atom. The number of likely N-dealkylation sites (tertiary alicyclic amines) is 1. The third kappa shape index (κ3) is 3.13. The molecule has 1 atom stereocenters. The van der Waals surface area contributed by atoms with Crippen LogP contribution in [0.25, 0.3) is 10.9 Å². The van der Waals surface area contributed by atoms with Gasteiger partial charge in [0.2, 0.25) is 0 Å². The van der Waals surface area contributed by atoms with Gasteiger partial charge in [-0.05, 0) is 38.0 Å². The van der Waals surface area contributed by atoms with E-state index in [1.54, 1.807) is 11.1 Å². The molecule has 1 unspecified atom stereocenters. The van der Waals surface area contributed by atoms with E-state index in [-0.39, 0.29) is 12.6 Å². The van der Waals surface area contributed by atoms with E-state index in [2.05, 4.69) is 10.4 Å². The van der Waals surface area contributed by atoms with E-state index in [4.69, 9.17) is 5.11 Å². The fourth-order valence-corrected chi connectivity index (χ4v) is 2.97. The molecule has 1 aromatic carbocycles. The summed E-state index contributed by atoms with van der Waals surface area (Å²) in [5.41, 5.74) is 1.66. The molecule has 2 amide bonds. The van der Waals surface area contributed by atoms with Crippen LogP contribution >= 0.6 is 0 Å². The van der Waals surface area contributed by atoms with Crippen molar-refractivity contribution in [2.45, 2.75) is 26.3 Å². The average molecular weight is 316 g/mol. The molecule has 7 nitrogen and oxygen atoms in total. The first-order valence-electron chi connectivity index (χ1n) is 7.82. The van der Waals surface area contributed by atoms with Crippen LogP contribution in [0, 0.1) is 5.92 Å². The van der Waals surface area contributed by atoms with Gasteiger partial charge in [0.15, 0.2) is 0 Å². The zero-order valence-corrected chi connectivity index (χ0v) is 13.0. The fraction of sp³-hybridized carbons (Fsp3) is 0.438. The lowest BCUT2D eigenvalue weighted by Crippen LogP contribution is -2.44. The van der Waals surface area contributed by atoms with Crippen LogP contribution in [0.3, 0.4) is 0 Å². The lowest BCUT2D eigenvalue weighted by atomic mass is 9.99. The molecule has 1 fully saturated rings. The zero-order chi connectivity index (χ0) is 16.4. The number of benzene rings is 1. The number of aromatic nitrogens is 2. The summed E-state index contributed by atoms with van der Waals surface area (Å²) >= 11 is 0. The van der Waals surface area contributed by atoms with Crippen molar-refractivity contribution in [1.82, 2.24) is 14.7 Å². The number of amides is 2. The first kappa shape index (κ1) is 15.3. The first-order valence-corrected chi connectivity index (χ1v) is 7.82. The summed E-state index contributed by atoms with van der Waals surface area (Å²) in [6.07, 6.45) is 3.14. The van der Waals surface area contributed by atoms with Crippen LogP contribution in [-0.4, -0.2) is 44.9 Å². The molecule has 2 heterocycles. The van der Waals surface area contributed by atoms with Gasteiger partial charge < -0.3 is 15.3 Å². The van der Waals surface area contributed by atoms with Crippen molar-refractivity contribution in [3.63, 3.8) is 0 Å². The molecular weight excluding hydrogens is 296 g/mol. The lowest BCUT2D eigenvalue weighted by Gasteiger charge is -2.30. The topological polar surface area (TPSA) is 87.5 Å². The summed E-state index contributed by atoms with van der Waals surface area (Å²) in [6.45, 7) is 3.62. The van der Waals surface area contributed by atoms with Gasteiger partial charge in [0.1, 0.15) is 0 Å². The van der Waals surface area contributed by atoms with E-state index in [1.807, 2.05) is 29.8 Å². The van der Waals surface area contributed by atoms with Gasteiger partial charge in [0.05, 0.1) is 17.6 Å². The van der Waals surface area contributed by atoms with Crippen LogP contribution < -0.4 is 5.32 Å². The molecule has 1 aromatic heterocycles. The Kier molecular flexibility index (Phi) is 4.18. The number of carbonyl (C=O) groups is 2. The molecule has 0 radical (unpaired) electrons. The number of carboxylic acid groups (broad SMARTS) is 1. The summed E-state index contributed by atoms with van der Waals surface area (Å²) in [4.78, 5) is 25.0. The fourth-order valence-electron chi connectivity index (χ4n) is 2.97. The van der Waals surface area contributed by atoms with Crippen molar-refractivity contribution >= 4 is 28.6 Å². The highest BCUT2D eigenvalue weighted by molar-refractivity contribution is 5.92. The molecule has 3 rings (SSSR count). The summed E-state index contributed by atoms with van der Waals surface area (Å²) in [5.74, 6) is -1.31. The second kappa shape index (κ2) is 6.28. The smallest absolute Gasteiger partial charge is 0.321 e. The third-order valence-electron chi connectivity index (χ3n) is 4.25. The van der Waals surface area contributed by atoms with Crippen LogP contribution in [0.4, 0.5) is 10.5 Å². The van der Waals surface area contributed by atoms with Crippen molar-refractivity contribution in [2.75, 3.05) is 18.4 Å². The van der Waals surface area contributed by atoms with Gasteiger partial charge in [-0.1, -0.05) is 0 Å². The maximum absolute atomic E-state index is 12.4. The van der Waals surface area contributed by atoms with E-state index in [1.165, 1.54) is 0 Å². The summed E-state index contributed by atoms with van der Waals surface area (Å²) in [7, 11) is 0. The number of nitrogens with zero attached hydrogens (tertiary/aromatic N) is 3. The Morgan fingerprint density at radius 2 is 2.26 bits per heavy atom. The molecule has 2 N–H and O–H groups in total. The minimum atomic E-state index is -0.837. The Hall–Kier alpha value is -2.57. The van der Waals surface area contributed by atoms with E-state index in [0.29, 0.717) is 25.1 Å². The van der Waals surface area contributed by atoms with E-state index >= 15 is 0 Å². The van der Waals surface area contributed by atoms with E-state index < -0.39 is 11.9 Å². The molecule has 1 aliphatic heterocycles. The number of carboxylic acids is 1. The minimum Gasteiger partial charge on any atom is -0.481 e. The molecule has 0 saturated carbocycles. The number of anilines is 1. The van der Waals surface area contributed by atoms with Crippen molar-refractivity contribution < 1.29 is 14.7 Å². The largest absolute Gasteiger partial charge is 0.481 e. The summed E-state index contributed by atoms with van der Waals surface area (Å²) in [5, 5.41) is 17.3. The number of piperidine rings is 1. The van der Waals surface area contributed by atoms with Gasteiger partial charge >= 0.3 is 12.0 Å². The van der Waals surface area contributed by atoms with Gasteiger partial charge in [0.25, 0.3) is 0 Å². The molecular formula is C16H20N4O3. The van der Waals surface area contributed by atoms with Crippen LogP contribution in [-0.2, 0) is 11.3 Å². The van der Waals surface area contributed by atoms with Crippen LogP contribution in [0.2, 0.25) is 0 Å². The Balaban J connectivity index is 1.73. The highest BCUT2D eigenvalue weighted by Gasteiger charge is 2.28. The molecule has 0 bridgehead atoms. The van der Waals surface area contributed by atoms with Gasteiger partial charge in [-0.15, -0.1) is 0 Å². The number of hydrogen-bond donors (Lipinski definition) is 2. The van der Waals surface area contributed by atoms with Gasteiger partial charge in [-0.25, -0.2) is 4.79 Å². The van der Waals surface area contributed by atoms with Gasteiger partial charge in [-0.2, -0.15) is 5.10 Å². The second-order valence-electron chi connectivity index (χ2n) is 5.79. The zero-order valence-electron chi connectivity index (χ0n) is 13.0. The second-order valence-corrected chi connectivity index (χ2v) is 5.79. The number of aryl methyl sites for hydroxylation is 1. The molecule has 0 aliphatic carbocycles. The van der Waals surface area contributed by atoms with Crippen LogP contribution in [0.15, 0.2) is 24.4 Å². The maximum Gasteiger partial charge on any atom is 0.321 e.